The summed E-state index contributed by atoms with van der Waals surface area (Å²) < 4.78 is 6.04. The number of imide groups is 1. The number of hydrogen-bond donors (Lipinski definition) is 0. The van der Waals surface area contributed by atoms with Gasteiger partial charge in [-0.25, -0.2) is 14.7 Å². The first-order valence-corrected chi connectivity index (χ1v) is 13.1. The van der Waals surface area contributed by atoms with Gasteiger partial charge in [0, 0.05) is 6.07 Å². The second kappa shape index (κ2) is 10.5. The monoisotopic (exact) mass is 556 g/mol. The number of ether oxygens (including phenoxy) is 1. The zero-order chi connectivity index (χ0) is 27.7. The van der Waals surface area contributed by atoms with Crippen LogP contribution in [-0.2, 0) is 9.53 Å². The summed E-state index contributed by atoms with van der Waals surface area (Å²) in [5.74, 6) is -1.61. The summed E-state index contributed by atoms with van der Waals surface area (Å²) in [5.41, 5.74) is 1.51. The second-order valence-electron chi connectivity index (χ2n) is 8.10. The third kappa shape index (κ3) is 4.88. The van der Waals surface area contributed by atoms with Gasteiger partial charge in [-0.15, -0.1) is 11.3 Å². The van der Waals surface area contributed by atoms with Crippen molar-refractivity contribution in [3.8, 4) is 6.07 Å². The van der Waals surface area contributed by atoms with E-state index >= 15 is 0 Å². The van der Waals surface area contributed by atoms with E-state index in [1.165, 1.54) is 29.5 Å². The summed E-state index contributed by atoms with van der Waals surface area (Å²) in [6.45, 7) is 1.70. The normalized spacial score (nSPS) is 12.9. The fraction of sp³-hybridized carbons (Fsp3) is 0.0741. The average Bonchev–Trinajstić information content (AvgIpc) is 3.44. The third-order valence-corrected chi connectivity index (χ3v) is 7.85. The predicted molar refractivity (Wildman–Crippen MR) is 145 cm³/mol. The van der Waals surface area contributed by atoms with E-state index in [2.05, 4.69) is 4.98 Å². The number of carbonyl (C=O) groups excluding carboxylic acids is 3. The summed E-state index contributed by atoms with van der Waals surface area (Å²) in [6.07, 6.45) is 1.23. The Bertz CT molecular complexity index is 1740. The Morgan fingerprint density at radius 2 is 1.87 bits per heavy atom. The molecule has 0 atom stereocenters. The number of amides is 2. The fourth-order valence-corrected chi connectivity index (χ4v) is 6.10. The molecule has 0 unspecified atom stereocenters. The Kier molecular flexibility index (Phi) is 6.93. The van der Waals surface area contributed by atoms with E-state index in [1.54, 1.807) is 61.5 Å². The van der Waals surface area contributed by atoms with E-state index in [4.69, 9.17) is 4.74 Å². The molecule has 4 aromatic rings. The van der Waals surface area contributed by atoms with Gasteiger partial charge >= 0.3 is 5.97 Å². The molecule has 192 valence electrons. The molecule has 12 heteroatoms. The molecular weight excluding hydrogens is 540 g/mol. The number of thiazole rings is 1. The highest BCUT2D eigenvalue weighted by Gasteiger charge is 2.36. The number of anilines is 1. The van der Waals surface area contributed by atoms with Crippen LogP contribution in [0.15, 0.2) is 75.5 Å². The predicted octanol–water partition coefficient (Wildman–Crippen LogP) is 5.63. The molecule has 2 heterocycles. The lowest BCUT2D eigenvalue weighted by Gasteiger charge is -2.13. The Morgan fingerprint density at radius 3 is 2.51 bits per heavy atom. The summed E-state index contributed by atoms with van der Waals surface area (Å²) in [7, 11) is 0. The van der Waals surface area contributed by atoms with Gasteiger partial charge in [-0.05, 0) is 55.0 Å². The maximum Gasteiger partial charge on any atom is 0.348 e. The summed E-state index contributed by atoms with van der Waals surface area (Å²) >= 11 is 2.35. The molecule has 0 fully saturated rings. The van der Waals surface area contributed by atoms with Crippen LogP contribution in [0.2, 0.25) is 0 Å². The largest absolute Gasteiger partial charge is 0.462 e. The van der Waals surface area contributed by atoms with Crippen molar-refractivity contribution in [1.29, 1.82) is 5.26 Å². The molecule has 0 N–H and O–H groups in total. The van der Waals surface area contributed by atoms with Gasteiger partial charge in [0.15, 0.2) is 4.34 Å². The number of fused-ring (bicyclic) bond motifs is 2. The summed E-state index contributed by atoms with van der Waals surface area (Å²) in [4.78, 5) is 54.8. The van der Waals surface area contributed by atoms with Crippen LogP contribution in [0.3, 0.4) is 0 Å². The van der Waals surface area contributed by atoms with Gasteiger partial charge in [0.05, 0.1) is 43.5 Å². The minimum atomic E-state index is -0.809. The Morgan fingerprint density at radius 1 is 1.15 bits per heavy atom. The van der Waals surface area contributed by atoms with E-state index < -0.39 is 22.7 Å². The van der Waals surface area contributed by atoms with Crippen LogP contribution < -0.4 is 4.90 Å². The number of rotatable bonds is 7. The Labute approximate surface area is 229 Å². The summed E-state index contributed by atoms with van der Waals surface area (Å²) in [6, 6.07) is 17.7. The number of hydrogen-bond acceptors (Lipinski definition) is 10. The van der Waals surface area contributed by atoms with Gasteiger partial charge in [-0.1, -0.05) is 30.0 Å². The fourth-order valence-electron chi connectivity index (χ4n) is 3.96. The van der Waals surface area contributed by atoms with Crippen LogP contribution >= 0.6 is 23.1 Å². The number of esters is 1. The zero-order valence-electron chi connectivity index (χ0n) is 20.1. The molecule has 1 aromatic heterocycles. The molecule has 1 aliphatic heterocycles. The van der Waals surface area contributed by atoms with Crippen molar-refractivity contribution in [1.82, 2.24) is 4.98 Å². The maximum absolute atomic E-state index is 12.9. The highest BCUT2D eigenvalue weighted by molar-refractivity contribution is 8.01. The standard InChI is InChI=1S/C27H16N4O6S2/c1-2-37-26(34)16(14-28)11-15-7-10-22(21(12-15)31(35)36)38-27-29-20-9-8-17(13-23(20)39-27)30-24(32)18-5-3-4-6-19(18)25(30)33/h3-13H,2H2,1H3/b16-11+. The van der Waals surface area contributed by atoms with Crippen molar-refractivity contribution in [2.24, 2.45) is 0 Å². The van der Waals surface area contributed by atoms with Gasteiger partial charge in [0.2, 0.25) is 0 Å². The van der Waals surface area contributed by atoms with E-state index in [0.29, 0.717) is 41.8 Å². The Hall–Kier alpha value is -4.86. The quantitative estimate of drug-likeness (QED) is 0.0706. The SMILES string of the molecule is CCOC(=O)/C(C#N)=C/c1ccc(Sc2nc3ccc(N4C(=O)c5ccccc5C4=O)cc3s2)c([N+](=O)[O-])c1. The van der Waals surface area contributed by atoms with Crippen LogP contribution in [0.4, 0.5) is 11.4 Å². The number of aromatic nitrogens is 1. The van der Waals surface area contributed by atoms with Crippen molar-refractivity contribution >= 4 is 68.5 Å². The van der Waals surface area contributed by atoms with Crippen LogP contribution in [0.1, 0.15) is 33.2 Å². The second-order valence-corrected chi connectivity index (χ2v) is 10.4. The van der Waals surface area contributed by atoms with Gasteiger partial charge in [0.1, 0.15) is 11.6 Å². The van der Waals surface area contributed by atoms with Gasteiger partial charge in [-0.2, -0.15) is 5.26 Å². The molecule has 0 radical (unpaired) electrons. The number of nitro groups is 1. The number of benzene rings is 3. The third-order valence-electron chi connectivity index (χ3n) is 5.71. The number of nitrogens with zero attached hydrogens (tertiary/aromatic N) is 4. The van der Waals surface area contributed by atoms with Crippen LogP contribution in [-0.4, -0.2) is 34.3 Å². The van der Waals surface area contributed by atoms with Crippen molar-refractivity contribution in [2.75, 3.05) is 11.5 Å². The van der Waals surface area contributed by atoms with E-state index in [0.717, 1.165) is 16.7 Å². The lowest BCUT2D eigenvalue weighted by molar-refractivity contribution is -0.387. The highest BCUT2D eigenvalue weighted by atomic mass is 32.2. The Balaban J connectivity index is 1.43. The zero-order valence-corrected chi connectivity index (χ0v) is 21.7. The van der Waals surface area contributed by atoms with Crippen molar-refractivity contribution in [3.63, 3.8) is 0 Å². The molecule has 0 aliphatic carbocycles. The average molecular weight is 557 g/mol. The number of nitro benzene ring substituents is 1. The molecule has 0 spiro atoms. The van der Waals surface area contributed by atoms with Crippen LogP contribution in [0.5, 0.6) is 0 Å². The molecule has 10 nitrogen and oxygen atoms in total. The molecule has 5 rings (SSSR count). The van der Waals surface area contributed by atoms with E-state index in [9.17, 15) is 29.8 Å². The highest BCUT2D eigenvalue weighted by Crippen LogP contribution is 2.40. The van der Waals surface area contributed by atoms with Crippen molar-refractivity contribution < 1.29 is 24.0 Å². The first-order chi connectivity index (χ1) is 18.8. The van der Waals surface area contributed by atoms with E-state index in [1.807, 2.05) is 0 Å². The number of carbonyl (C=O) groups is 3. The number of nitriles is 1. The minimum Gasteiger partial charge on any atom is -0.462 e. The molecule has 0 saturated heterocycles. The van der Waals surface area contributed by atoms with Crippen molar-refractivity contribution in [2.45, 2.75) is 16.2 Å². The topological polar surface area (TPSA) is 144 Å². The van der Waals surface area contributed by atoms with Gasteiger partial charge < -0.3 is 4.74 Å². The van der Waals surface area contributed by atoms with Crippen molar-refractivity contribution in [3.05, 3.63) is 93.0 Å². The lowest BCUT2D eigenvalue weighted by Crippen LogP contribution is -2.29. The van der Waals surface area contributed by atoms with Gasteiger partial charge in [0.25, 0.3) is 17.5 Å². The summed E-state index contributed by atoms with van der Waals surface area (Å²) in [5, 5.41) is 21.0. The molecule has 3 aromatic carbocycles. The van der Waals surface area contributed by atoms with Gasteiger partial charge in [-0.3, -0.25) is 19.7 Å². The molecular formula is C27H16N4O6S2. The minimum absolute atomic E-state index is 0.0928. The van der Waals surface area contributed by atoms with Crippen LogP contribution in [0, 0.1) is 21.4 Å². The molecule has 0 bridgehead atoms. The van der Waals surface area contributed by atoms with E-state index in [-0.39, 0.29) is 17.9 Å². The molecule has 2 amide bonds. The first-order valence-electron chi connectivity index (χ1n) is 11.4. The molecule has 0 saturated carbocycles. The smallest absolute Gasteiger partial charge is 0.348 e. The first kappa shape index (κ1) is 25.8. The van der Waals surface area contributed by atoms with Crippen LogP contribution in [0.25, 0.3) is 16.3 Å². The molecule has 1 aliphatic rings. The lowest BCUT2D eigenvalue weighted by atomic mass is 10.1. The maximum atomic E-state index is 12.9. The molecule has 39 heavy (non-hydrogen) atoms.